The predicted molar refractivity (Wildman–Crippen MR) is 83.9 cm³/mol. The molecule has 0 aliphatic heterocycles. The SMILES string of the molecule is CCn1cnnc1SCC(=O)Nc1ccc(Br)cc1C. The third kappa shape index (κ3) is 3.83. The molecular formula is C13H15BrN4OS. The van der Waals surface area contributed by atoms with Crippen LogP contribution >= 0.6 is 27.7 Å². The summed E-state index contributed by atoms with van der Waals surface area (Å²) in [7, 11) is 0. The van der Waals surface area contributed by atoms with Crippen LogP contribution in [0.15, 0.2) is 34.2 Å². The van der Waals surface area contributed by atoms with Crippen molar-refractivity contribution in [1.82, 2.24) is 14.8 Å². The number of nitrogens with zero attached hydrogens (tertiary/aromatic N) is 3. The van der Waals surface area contributed by atoms with Crippen LogP contribution in [0.5, 0.6) is 0 Å². The van der Waals surface area contributed by atoms with Crippen molar-refractivity contribution in [3.63, 3.8) is 0 Å². The first-order valence-corrected chi connectivity index (χ1v) is 7.94. The number of aromatic nitrogens is 3. The summed E-state index contributed by atoms with van der Waals surface area (Å²) in [5.41, 5.74) is 1.85. The molecule has 1 aromatic carbocycles. The first-order valence-electron chi connectivity index (χ1n) is 6.16. The number of carbonyl (C=O) groups is 1. The minimum atomic E-state index is -0.0499. The van der Waals surface area contributed by atoms with Gasteiger partial charge in [0.05, 0.1) is 5.75 Å². The van der Waals surface area contributed by atoms with Crippen LogP contribution in [-0.2, 0) is 11.3 Å². The molecule has 2 rings (SSSR count). The summed E-state index contributed by atoms with van der Waals surface area (Å²) in [5, 5.41) is 11.5. The zero-order chi connectivity index (χ0) is 14.5. The first kappa shape index (κ1) is 15.1. The van der Waals surface area contributed by atoms with E-state index >= 15 is 0 Å². The zero-order valence-corrected chi connectivity index (χ0v) is 13.7. The molecule has 1 N–H and O–H groups in total. The van der Waals surface area contributed by atoms with Crippen molar-refractivity contribution < 1.29 is 4.79 Å². The van der Waals surface area contributed by atoms with Gasteiger partial charge in [-0.15, -0.1) is 10.2 Å². The molecule has 1 aromatic heterocycles. The molecule has 2 aromatic rings. The largest absolute Gasteiger partial charge is 0.325 e. The van der Waals surface area contributed by atoms with Gasteiger partial charge >= 0.3 is 0 Å². The molecule has 0 radical (unpaired) electrons. The van der Waals surface area contributed by atoms with Crippen molar-refractivity contribution in [2.45, 2.75) is 25.5 Å². The minimum absolute atomic E-state index is 0.0499. The Labute approximate surface area is 130 Å². The molecule has 7 heteroatoms. The number of rotatable bonds is 5. The molecule has 0 aliphatic carbocycles. The van der Waals surface area contributed by atoms with Gasteiger partial charge in [-0.25, -0.2) is 0 Å². The number of anilines is 1. The van der Waals surface area contributed by atoms with Gasteiger partial charge in [-0.3, -0.25) is 4.79 Å². The average molecular weight is 355 g/mol. The number of halogens is 1. The van der Waals surface area contributed by atoms with E-state index in [0.717, 1.165) is 27.4 Å². The highest BCUT2D eigenvalue weighted by molar-refractivity contribution is 9.10. The second kappa shape index (κ2) is 6.90. The van der Waals surface area contributed by atoms with E-state index in [1.807, 2.05) is 36.6 Å². The normalized spacial score (nSPS) is 10.6. The first-order chi connectivity index (χ1) is 9.60. The zero-order valence-electron chi connectivity index (χ0n) is 11.3. The van der Waals surface area contributed by atoms with Gasteiger partial charge in [-0.05, 0) is 37.6 Å². The lowest BCUT2D eigenvalue weighted by Crippen LogP contribution is -2.15. The fourth-order valence-corrected chi connectivity index (χ4v) is 2.91. The summed E-state index contributed by atoms with van der Waals surface area (Å²) >= 11 is 4.78. The third-order valence-corrected chi connectivity index (χ3v) is 4.19. The highest BCUT2D eigenvalue weighted by Gasteiger charge is 2.09. The lowest BCUT2D eigenvalue weighted by molar-refractivity contribution is -0.113. The van der Waals surface area contributed by atoms with Crippen molar-refractivity contribution in [2.75, 3.05) is 11.1 Å². The van der Waals surface area contributed by atoms with Crippen LogP contribution in [0.1, 0.15) is 12.5 Å². The van der Waals surface area contributed by atoms with Crippen LogP contribution in [0.3, 0.4) is 0 Å². The Morgan fingerprint density at radius 3 is 3.00 bits per heavy atom. The Morgan fingerprint density at radius 1 is 1.50 bits per heavy atom. The Morgan fingerprint density at radius 2 is 2.30 bits per heavy atom. The van der Waals surface area contributed by atoms with Crippen LogP contribution in [0.2, 0.25) is 0 Å². The third-order valence-electron chi connectivity index (χ3n) is 2.72. The predicted octanol–water partition coefficient (Wildman–Crippen LogP) is 3.10. The Hall–Kier alpha value is -1.34. The number of hydrogen-bond donors (Lipinski definition) is 1. The van der Waals surface area contributed by atoms with Crippen LogP contribution in [0.25, 0.3) is 0 Å². The van der Waals surface area contributed by atoms with E-state index in [9.17, 15) is 4.79 Å². The number of nitrogens with one attached hydrogen (secondary N) is 1. The number of amides is 1. The second-order valence-corrected chi connectivity index (χ2v) is 6.05. The van der Waals surface area contributed by atoms with Gasteiger partial charge in [0.1, 0.15) is 6.33 Å². The molecular weight excluding hydrogens is 340 g/mol. The Kier molecular flexibility index (Phi) is 5.19. The quantitative estimate of drug-likeness (QED) is 0.838. The van der Waals surface area contributed by atoms with E-state index < -0.39 is 0 Å². The van der Waals surface area contributed by atoms with E-state index in [1.54, 1.807) is 6.33 Å². The van der Waals surface area contributed by atoms with Crippen molar-refractivity contribution in [2.24, 2.45) is 0 Å². The summed E-state index contributed by atoms with van der Waals surface area (Å²) in [6.07, 6.45) is 1.67. The maximum atomic E-state index is 11.9. The van der Waals surface area contributed by atoms with Crippen molar-refractivity contribution in [1.29, 1.82) is 0 Å². The van der Waals surface area contributed by atoms with Gasteiger partial charge in [-0.1, -0.05) is 27.7 Å². The molecule has 0 fully saturated rings. The van der Waals surface area contributed by atoms with Gasteiger partial charge in [0.25, 0.3) is 0 Å². The number of thioether (sulfide) groups is 1. The van der Waals surface area contributed by atoms with Gasteiger partial charge in [-0.2, -0.15) is 0 Å². The molecule has 0 unspecified atom stereocenters. The van der Waals surface area contributed by atoms with Crippen LogP contribution < -0.4 is 5.32 Å². The molecule has 0 atom stereocenters. The molecule has 0 saturated heterocycles. The van der Waals surface area contributed by atoms with E-state index in [1.165, 1.54) is 11.8 Å². The van der Waals surface area contributed by atoms with E-state index in [2.05, 4.69) is 31.4 Å². The molecule has 5 nitrogen and oxygen atoms in total. The summed E-state index contributed by atoms with van der Waals surface area (Å²) in [6, 6.07) is 5.76. The number of hydrogen-bond acceptors (Lipinski definition) is 4. The highest BCUT2D eigenvalue weighted by atomic mass is 79.9. The molecule has 20 heavy (non-hydrogen) atoms. The monoisotopic (exact) mass is 354 g/mol. The lowest BCUT2D eigenvalue weighted by Gasteiger charge is -2.08. The average Bonchev–Trinajstić information content (AvgIpc) is 2.87. The van der Waals surface area contributed by atoms with Gasteiger partial charge in [0.2, 0.25) is 5.91 Å². The fraction of sp³-hybridized carbons (Fsp3) is 0.308. The number of carbonyl (C=O) groups excluding carboxylic acids is 1. The van der Waals surface area contributed by atoms with Crippen molar-refractivity contribution in [3.8, 4) is 0 Å². The van der Waals surface area contributed by atoms with E-state index in [-0.39, 0.29) is 5.91 Å². The lowest BCUT2D eigenvalue weighted by atomic mass is 10.2. The topological polar surface area (TPSA) is 59.8 Å². The number of benzene rings is 1. The summed E-state index contributed by atoms with van der Waals surface area (Å²) in [5.74, 6) is 0.264. The summed E-state index contributed by atoms with van der Waals surface area (Å²) in [4.78, 5) is 11.9. The maximum Gasteiger partial charge on any atom is 0.234 e. The molecule has 0 spiro atoms. The molecule has 106 valence electrons. The molecule has 1 heterocycles. The standard InChI is InChI=1S/C13H15BrN4OS/c1-3-18-8-15-17-13(18)20-7-12(19)16-11-5-4-10(14)6-9(11)2/h4-6,8H,3,7H2,1-2H3,(H,16,19). The smallest absolute Gasteiger partial charge is 0.234 e. The minimum Gasteiger partial charge on any atom is -0.325 e. The molecule has 0 aliphatic rings. The second-order valence-electron chi connectivity index (χ2n) is 4.20. The van der Waals surface area contributed by atoms with Gasteiger partial charge < -0.3 is 9.88 Å². The van der Waals surface area contributed by atoms with E-state index in [0.29, 0.717) is 5.75 Å². The molecule has 0 bridgehead atoms. The Bertz CT molecular complexity index is 614. The van der Waals surface area contributed by atoms with Crippen LogP contribution in [-0.4, -0.2) is 26.4 Å². The van der Waals surface area contributed by atoms with Gasteiger partial charge in [0, 0.05) is 16.7 Å². The fourth-order valence-electron chi connectivity index (χ4n) is 1.66. The summed E-state index contributed by atoms with van der Waals surface area (Å²) < 4.78 is 2.90. The molecule has 0 saturated carbocycles. The Balaban J connectivity index is 1.93. The van der Waals surface area contributed by atoms with Crippen molar-refractivity contribution in [3.05, 3.63) is 34.6 Å². The van der Waals surface area contributed by atoms with E-state index in [4.69, 9.17) is 0 Å². The van der Waals surface area contributed by atoms with Gasteiger partial charge in [0.15, 0.2) is 5.16 Å². The van der Waals surface area contributed by atoms with Crippen LogP contribution in [0.4, 0.5) is 5.69 Å². The van der Waals surface area contributed by atoms with Crippen LogP contribution in [0, 0.1) is 6.92 Å². The highest BCUT2D eigenvalue weighted by Crippen LogP contribution is 2.21. The number of aryl methyl sites for hydroxylation is 2. The van der Waals surface area contributed by atoms with Crippen molar-refractivity contribution >= 4 is 39.3 Å². The molecule has 1 amide bonds. The maximum absolute atomic E-state index is 11.9. The summed E-state index contributed by atoms with van der Waals surface area (Å²) in [6.45, 7) is 4.77.